The molecule has 11 heavy (non-hydrogen) atoms. The lowest BCUT2D eigenvalue weighted by molar-refractivity contribution is -0.133. The summed E-state index contributed by atoms with van der Waals surface area (Å²) in [6.45, 7) is 3.85. The van der Waals surface area contributed by atoms with Crippen molar-refractivity contribution < 1.29 is 9.53 Å². The van der Waals surface area contributed by atoms with E-state index < -0.39 is 0 Å². The molecule has 0 aromatic heterocycles. The minimum atomic E-state index is -0.116. The highest BCUT2D eigenvalue weighted by Crippen LogP contribution is 2.35. The molecular weight excluding hydrogens is 140 g/mol. The molecule has 1 aliphatic carbocycles. The Bertz CT molecular complexity index is 148. The van der Waals surface area contributed by atoms with Crippen LogP contribution in [0.5, 0.6) is 0 Å². The predicted molar refractivity (Wildman–Crippen MR) is 43.4 cm³/mol. The molecule has 0 heterocycles. The van der Waals surface area contributed by atoms with Crippen LogP contribution >= 0.6 is 0 Å². The van der Waals surface area contributed by atoms with E-state index >= 15 is 0 Å². The Balaban J connectivity index is 2.46. The van der Waals surface area contributed by atoms with E-state index in [0.29, 0.717) is 5.92 Å². The van der Waals surface area contributed by atoms with Crippen molar-refractivity contribution in [2.75, 3.05) is 7.11 Å². The van der Waals surface area contributed by atoms with Gasteiger partial charge in [-0.3, -0.25) is 4.79 Å². The van der Waals surface area contributed by atoms with Crippen molar-refractivity contribution in [3.05, 3.63) is 0 Å². The smallest absolute Gasteiger partial charge is 0.164 e. The van der Waals surface area contributed by atoms with Gasteiger partial charge in [-0.25, -0.2) is 0 Å². The third-order valence-corrected chi connectivity index (χ3v) is 2.15. The zero-order chi connectivity index (χ0) is 8.43. The van der Waals surface area contributed by atoms with E-state index in [9.17, 15) is 4.79 Å². The number of hydrogen-bond donors (Lipinski definition) is 0. The van der Waals surface area contributed by atoms with Crippen molar-refractivity contribution in [2.24, 2.45) is 11.8 Å². The van der Waals surface area contributed by atoms with E-state index in [-0.39, 0.29) is 17.8 Å². The van der Waals surface area contributed by atoms with Crippen molar-refractivity contribution in [3.8, 4) is 0 Å². The number of rotatable bonds is 4. The number of ether oxygens (including phenoxy) is 1. The maximum Gasteiger partial charge on any atom is 0.164 e. The summed E-state index contributed by atoms with van der Waals surface area (Å²) in [7, 11) is 1.63. The van der Waals surface area contributed by atoms with Crippen LogP contribution in [0, 0.1) is 11.8 Å². The minimum absolute atomic E-state index is 0.112. The van der Waals surface area contributed by atoms with Gasteiger partial charge >= 0.3 is 0 Å². The molecule has 2 heteroatoms. The van der Waals surface area contributed by atoms with Crippen LogP contribution in [0.3, 0.4) is 0 Å². The van der Waals surface area contributed by atoms with Crippen LogP contribution in [0.15, 0.2) is 0 Å². The Morgan fingerprint density at radius 1 is 1.45 bits per heavy atom. The Morgan fingerprint density at radius 3 is 2.27 bits per heavy atom. The summed E-state index contributed by atoms with van der Waals surface area (Å²) < 4.78 is 5.15. The second-order valence-electron chi connectivity index (χ2n) is 3.55. The Morgan fingerprint density at radius 2 is 2.00 bits per heavy atom. The summed E-state index contributed by atoms with van der Waals surface area (Å²) in [6, 6.07) is 0. The minimum Gasteiger partial charge on any atom is -0.373 e. The molecule has 1 fully saturated rings. The quantitative estimate of drug-likeness (QED) is 0.618. The van der Waals surface area contributed by atoms with E-state index in [4.69, 9.17) is 4.74 Å². The van der Waals surface area contributed by atoms with Gasteiger partial charge in [-0.15, -0.1) is 0 Å². The van der Waals surface area contributed by atoms with Gasteiger partial charge in [-0.05, 0) is 18.8 Å². The van der Waals surface area contributed by atoms with Gasteiger partial charge in [0, 0.05) is 13.0 Å². The van der Waals surface area contributed by atoms with E-state index in [1.165, 1.54) is 0 Å². The second kappa shape index (κ2) is 3.35. The van der Waals surface area contributed by atoms with Crippen LogP contribution in [0.1, 0.15) is 26.7 Å². The molecule has 0 aromatic rings. The van der Waals surface area contributed by atoms with Crippen LogP contribution in [0.25, 0.3) is 0 Å². The van der Waals surface area contributed by atoms with Gasteiger partial charge < -0.3 is 4.74 Å². The maximum absolute atomic E-state index is 11.4. The number of methoxy groups -OCH3 is 1. The highest BCUT2D eigenvalue weighted by Gasteiger charge is 2.36. The van der Waals surface area contributed by atoms with Crippen molar-refractivity contribution >= 4 is 5.78 Å². The molecule has 1 rings (SSSR count). The Kier molecular flexibility index (Phi) is 2.66. The number of ketones is 1. The molecule has 0 aliphatic heterocycles. The molecule has 2 nitrogen and oxygen atoms in total. The van der Waals surface area contributed by atoms with Gasteiger partial charge in [-0.1, -0.05) is 13.8 Å². The summed E-state index contributed by atoms with van der Waals surface area (Å²) in [5.74, 6) is 0.894. The topological polar surface area (TPSA) is 26.3 Å². The van der Waals surface area contributed by atoms with Gasteiger partial charge in [0.25, 0.3) is 0 Å². The fourth-order valence-corrected chi connectivity index (χ4v) is 1.27. The summed E-state index contributed by atoms with van der Waals surface area (Å²) in [6.07, 6.45) is 2.21. The largest absolute Gasteiger partial charge is 0.373 e. The number of carbonyl (C=O) groups excluding carboxylic acids is 1. The Labute approximate surface area is 67.9 Å². The van der Waals surface area contributed by atoms with E-state index in [0.717, 1.165) is 12.8 Å². The highest BCUT2D eigenvalue weighted by molar-refractivity contribution is 5.85. The van der Waals surface area contributed by atoms with Crippen molar-refractivity contribution in [1.82, 2.24) is 0 Å². The van der Waals surface area contributed by atoms with Gasteiger partial charge in [0.1, 0.15) is 6.10 Å². The van der Waals surface area contributed by atoms with Crippen LogP contribution < -0.4 is 0 Å². The Hall–Kier alpha value is -0.370. The van der Waals surface area contributed by atoms with Gasteiger partial charge in [0.2, 0.25) is 0 Å². The molecule has 0 bridgehead atoms. The third kappa shape index (κ3) is 2.03. The molecule has 64 valence electrons. The summed E-state index contributed by atoms with van der Waals surface area (Å²) >= 11 is 0. The molecule has 1 saturated carbocycles. The van der Waals surface area contributed by atoms with Crippen LogP contribution in [-0.2, 0) is 9.53 Å². The van der Waals surface area contributed by atoms with E-state index in [1.807, 2.05) is 13.8 Å². The first-order chi connectivity index (χ1) is 5.16. The lowest BCUT2D eigenvalue weighted by atomic mass is 10.0. The van der Waals surface area contributed by atoms with Crippen molar-refractivity contribution in [3.63, 3.8) is 0 Å². The normalized spacial score (nSPS) is 20.4. The lowest BCUT2D eigenvalue weighted by Crippen LogP contribution is -2.28. The van der Waals surface area contributed by atoms with Gasteiger partial charge in [0.05, 0.1) is 0 Å². The first kappa shape index (κ1) is 8.72. The molecule has 1 atom stereocenters. The molecular formula is C9H16O2. The summed E-state index contributed by atoms with van der Waals surface area (Å²) in [4.78, 5) is 11.4. The second-order valence-corrected chi connectivity index (χ2v) is 3.55. The molecule has 0 spiro atoms. The van der Waals surface area contributed by atoms with E-state index in [1.54, 1.807) is 7.11 Å². The highest BCUT2D eigenvalue weighted by atomic mass is 16.5. The number of carbonyl (C=O) groups is 1. The monoisotopic (exact) mass is 156 g/mol. The average Bonchev–Trinajstić information content (AvgIpc) is 2.72. The molecule has 0 aromatic carbocycles. The van der Waals surface area contributed by atoms with E-state index in [2.05, 4.69) is 0 Å². The third-order valence-electron chi connectivity index (χ3n) is 2.15. The number of Topliss-reactive ketones (excluding diaryl/α,β-unsaturated/α-hetero) is 1. The first-order valence-corrected chi connectivity index (χ1v) is 4.23. The SMILES string of the molecule is CO[C@H](C(=O)C(C)C)C1CC1. The number of hydrogen-bond acceptors (Lipinski definition) is 2. The van der Waals surface area contributed by atoms with Crippen molar-refractivity contribution in [1.29, 1.82) is 0 Å². The molecule has 0 radical (unpaired) electrons. The zero-order valence-electron chi connectivity index (χ0n) is 7.46. The van der Waals surface area contributed by atoms with Crippen LogP contribution in [-0.4, -0.2) is 19.0 Å². The zero-order valence-corrected chi connectivity index (χ0v) is 7.46. The maximum atomic E-state index is 11.4. The van der Waals surface area contributed by atoms with Crippen LogP contribution in [0.2, 0.25) is 0 Å². The average molecular weight is 156 g/mol. The van der Waals surface area contributed by atoms with Gasteiger partial charge in [-0.2, -0.15) is 0 Å². The summed E-state index contributed by atoms with van der Waals surface area (Å²) in [5, 5.41) is 0. The fraction of sp³-hybridized carbons (Fsp3) is 0.889. The molecule has 0 amide bonds. The molecule has 1 aliphatic rings. The fourth-order valence-electron chi connectivity index (χ4n) is 1.27. The predicted octanol–water partition coefficient (Wildman–Crippen LogP) is 1.64. The lowest BCUT2D eigenvalue weighted by Gasteiger charge is -2.14. The van der Waals surface area contributed by atoms with Crippen molar-refractivity contribution in [2.45, 2.75) is 32.8 Å². The molecule has 0 unspecified atom stereocenters. The first-order valence-electron chi connectivity index (χ1n) is 4.23. The standard InChI is InChI=1S/C9H16O2/c1-6(2)8(10)9(11-3)7-4-5-7/h6-7,9H,4-5H2,1-3H3/t9-/m0/s1. The van der Waals surface area contributed by atoms with Gasteiger partial charge in [0.15, 0.2) is 5.78 Å². The summed E-state index contributed by atoms with van der Waals surface area (Å²) in [5.41, 5.74) is 0. The molecule has 0 N–H and O–H groups in total. The van der Waals surface area contributed by atoms with Crippen LogP contribution in [0.4, 0.5) is 0 Å². The molecule has 0 saturated heterocycles.